The molecule has 0 bridgehead atoms. The van der Waals surface area contributed by atoms with E-state index in [-0.39, 0.29) is 7.43 Å². The Morgan fingerprint density at radius 2 is 1.72 bits per heavy atom. The first-order chi connectivity index (χ1) is 11.1. The van der Waals surface area contributed by atoms with Crippen LogP contribution in [0.3, 0.4) is 0 Å². The van der Waals surface area contributed by atoms with E-state index in [1.165, 1.54) is 12.8 Å². The second-order valence-corrected chi connectivity index (χ2v) is 8.71. The summed E-state index contributed by atoms with van der Waals surface area (Å²) in [6, 6.07) is 0. The van der Waals surface area contributed by atoms with Crippen LogP contribution in [0.1, 0.15) is 41.0 Å². The lowest BCUT2D eigenvalue weighted by molar-refractivity contribution is -0.696. The molecule has 0 spiro atoms. The van der Waals surface area contributed by atoms with Crippen LogP contribution in [0.4, 0.5) is 0 Å². The van der Waals surface area contributed by atoms with E-state index in [4.69, 9.17) is 22.0 Å². The number of nitrogens with zero attached hydrogens (tertiary/aromatic N) is 2. The van der Waals surface area contributed by atoms with Gasteiger partial charge in [0.2, 0.25) is 6.33 Å². The predicted octanol–water partition coefficient (Wildman–Crippen LogP) is 2.64. The highest BCUT2D eigenvalue weighted by molar-refractivity contribution is 7.84. The van der Waals surface area contributed by atoms with E-state index in [2.05, 4.69) is 11.5 Å². The second kappa shape index (κ2) is 13.5. The van der Waals surface area contributed by atoms with Gasteiger partial charge in [0.15, 0.2) is 0 Å². The van der Waals surface area contributed by atoms with Crippen LogP contribution in [-0.4, -0.2) is 43.2 Å². The zero-order chi connectivity index (χ0) is 18.6. The van der Waals surface area contributed by atoms with E-state index in [0.717, 1.165) is 6.54 Å². The van der Waals surface area contributed by atoms with Crippen LogP contribution in [0.2, 0.25) is 0 Å². The van der Waals surface area contributed by atoms with Crippen molar-refractivity contribution in [3.05, 3.63) is 18.7 Å². The van der Waals surface area contributed by atoms with E-state index in [1.807, 2.05) is 37.1 Å². The summed E-state index contributed by atoms with van der Waals surface area (Å²) in [7, 11) is -6.84. The Kier molecular flexibility index (Phi) is 14.3. The van der Waals surface area contributed by atoms with Gasteiger partial charge < -0.3 is 13.6 Å². The van der Waals surface area contributed by atoms with Crippen LogP contribution in [0.15, 0.2) is 18.7 Å². The fourth-order valence-electron chi connectivity index (χ4n) is 1.84. The first kappa shape index (κ1) is 26.5. The highest BCUT2D eigenvalue weighted by Crippen LogP contribution is 2.47. The van der Waals surface area contributed by atoms with E-state index < -0.39 is 17.7 Å². The molecular weight excluding hydrogens is 367 g/mol. The summed E-state index contributed by atoms with van der Waals surface area (Å²) in [4.78, 5) is 0. The molecule has 25 heavy (non-hydrogen) atoms. The standard InChI is InChI=1S/C13H26N2O3P.CH4O3S.CH4/c1-4-7-8-14-9-10-15(13-14)11-12-19(16,17-5-2)18-6-3;1-5(2,3)4;/h9-10,13H,4-8,11-12H2,1-3H3;1H3,(H,2,3,4);1H4/q+1;;/p-1. The molecule has 150 valence electrons. The average Bonchev–Trinajstić information content (AvgIpc) is 2.90. The van der Waals surface area contributed by atoms with Gasteiger partial charge in [-0.3, -0.25) is 4.57 Å². The summed E-state index contributed by atoms with van der Waals surface area (Å²) in [5.74, 6) is 0. The minimum absolute atomic E-state index is 0. The minimum Gasteiger partial charge on any atom is -0.748 e. The second-order valence-electron chi connectivity index (χ2n) is 5.12. The van der Waals surface area contributed by atoms with Gasteiger partial charge in [-0.15, -0.1) is 0 Å². The lowest BCUT2D eigenvalue weighted by atomic mass is 10.3. The predicted molar refractivity (Wildman–Crippen MR) is 97.6 cm³/mol. The van der Waals surface area contributed by atoms with Crippen molar-refractivity contribution in [3.8, 4) is 0 Å². The molecule has 0 N–H and O–H groups in total. The highest BCUT2D eigenvalue weighted by Gasteiger charge is 2.24. The van der Waals surface area contributed by atoms with Crippen LogP contribution in [0.5, 0.6) is 0 Å². The van der Waals surface area contributed by atoms with Crippen molar-refractivity contribution in [2.24, 2.45) is 0 Å². The molecule has 0 aliphatic heterocycles. The Morgan fingerprint density at radius 3 is 2.16 bits per heavy atom. The number of aryl methyl sites for hydroxylation is 2. The summed E-state index contributed by atoms with van der Waals surface area (Å²) < 4.78 is 54.3. The summed E-state index contributed by atoms with van der Waals surface area (Å²) in [5, 5.41) is 0. The van der Waals surface area contributed by atoms with E-state index in [1.54, 1.807) is 0 Å². The third-order valence-electron chi connectivity index (χ3n) is 2.80. The molecule has 1 aromatic heterocycles. The number of hydrogen-bond donors (Lipinski definition) is 0. The third kappa shape index (κ3) is 15.3. The lowest BCUT2D eigenvalue weighted by Crippen LogP contribution is -2.30. The Labute approximate surface area is 152 Å². The number of unbranched alkanes of at least 4 members (excludes halogenated alkanes) is 1. The molecule has 0 radical (unpaired) electrons. The van der Waals surface area contributed by atoms with Crippen LogP contribution in [0, 0.1) is 0 Å². The van der Waals surface area contributed by atoms with Crippen molar-refractivity contribution in [3.63, 3.8) is 0 Å². The fraction of sp³-hybridized carbons (Fsp3) is 0.800. The van der Waals surface area contributed by atoms with Gasteiger partial charge in [0, 0.05) is 6.26 Å². The van der Waals surface area contributed by atoms with Crippen molar-refractivity contribution in [1.29, 1.82) is 0 Å². The maximum Gasteiger partial charge on any atom is 0.334 e. The lowest BCUT2D eigenvalue weighted by Gasteiger charge is -2.15. The maximum absolute atomic E-state index is 12.3. The van der Waals surface area contributed by atoms with Crippen LogP contribution < -0.4 is 4.57 Å². The van der Waals surface area contributed by atoms with Crippen LogP contribution >= 0.6 is 7.60 Å². The van der Waals surface area contributed by atoms with Crippen molar-refractivity contribution in [2.75, 3.05) is 25.6 Å². The minimum atomic E-state index is -3.92. The molecule has 10 heteroatoms. The molecule has 1 aromatic rings. The first-order valence-corrected chi connectivity index (χ1v) is 11.5. The number of imidazole rings is 1. The largest absolute Gasteiger partial charge is 0.748 e. The molecule has 0 saturated heterocycles. The van der Waals surface area contributed by atoms with Gasteiger partial charge in [-0.2, -0.15) is 0 Å². The molecule has 1 rings (SSSR count). The van der Waals surface area contributed by atoms with Gasteiger partial charge in [-0.25, -0.2) is 17.6 Å². The average molecular weight is 400 g/mol. The Bertz CT molecular complexity index is 585. The SMILES string of the molecule is C.CCCC[n+]1ccn(CCP(=O)(OCC)OCC)c1.CS(=O)(=O)[O-]. The Balaban J connectivity index is 0. The smallest absolute Gasteiger partial charge is 0.334 e. The summed E-state index contributed by atoms with van der Waals surface area (Å²) in [6.45, 7) is 8.35. The number of hydrogen-bond acceptors (Lipinski definition) is 6. The zero-order valence-corrected chi connectivity index (χ0v) is 16.6. The van der Waals surface area contributed by atoms with E-state index >= 15 is 0 Å². The zero-order valence-electron chi connectivity index (χ0n) is 14.9. The van der Waals surface area contributed by atoms with Crippen molar-refractivity contribution < 1.29 is 31.2 Å². The van der Waals surface area contributed by atoms with Crippen LogP contribution in [-0.2, 0) is 36.8 Å². The summed E-state index contributed by atoms with van der Waals surface area (Å²) in [6.07, 6.45) is 9.45. The molecule has 0 amide bonds. The topological polar surface area (TPSA) is 102 Å². The number of aromatic nitrogens is 2. The van der Waals surface area contributed by atoms with E-state index in [0.29, 0.717) is 32.2 Å². The molecular formula is C15H33N2O6PS. The van der Waals surface area contributed by atoms with Gasteiger partial charge in [-0.1, -0.05) is 20.8 Å². The van der Waals surface area contributed by atoms with Crippen molar-refractivity contribution in [2.45, 2.75) is 54.1 Å². The molecule has 0 aliphatic rings. The Hall–Kier alpha value is -0.730. The summed E-state index contributed by atoms with van der Waals surface area (Å²) >= 11 is 0. The van der Waals surface area contributed by atoms with E-state index in [9.17, 15) is 4.57 Å². The third-order valence-corrected chi connectivity index (χ3v) is 4.85. The Morgan fingerprint density at radius 1 is 1.20 bits per heavy atom. The quantitative estimate of drug-likeness (QED) is 0.340. The summed E-state index contributed by atoms with van der Waals surface area (Å²) in [5.41, 5.74) is 0. The van der Waals surface area contributed by atoms with Gasteiger partial charge in [0.1, 0.15) is 18.9 Å². The van der Waals surface area contributed by atoms with Gasteiger partial charge in [0.05, 0.1) is 36.0 Å². The molecule has 8 nitrogen and oxygen atoms in total. The fourth-order valence-corrected chi connectivity index (χ4v) is 3.44. The van der Waals surface area contributed by atoms with Gasteiger partial charge in [-0.05, 0) is 20.3 Å². The molecule has 0 unspecified atom stereocenters. The van der Waals surface area contributed by atoms with Crippen molar-refractivity contribution in [1.82, 2.24) is 4.57 Å². The molecule has 0 aromatic carbocycles. The molecule has 1 heterocycles. The monoisotopic (exact) mass is 400 g/mol. The molecule has 0 saturated carbocycles. The van der Waals surface area contributed by atoms with Gasteiger partial charge in [0.25, 0.3) is 0 Å². The normalized spacial score (nSPS) is 11.4. The van der Waals surface area contributed by atoms with Crippen molar-refractivity contribution >= 4 is 17.7 Å². The van der Waals surface area contributed by atoms with Gasteiger partial charge >= 0.3 is 7.60 Å². The number of rotatable bonds is 10. The highest BCUT2D eigenvalue weighted by atomic mass is 32.2. The first-order valence-electron chi connectivity index (χ1n) is 7.97. The van der Waals surface area contributed by atoms with Crippen LogP contribution in [0.25, 0.3) is 0 Å². The molecule has 0 aliphatic carbocycles. The molecule has 0 atom stereocenters. The molecule has 0 fully saturated rings. The maximum atomic E-state index is 12.3.